The van der Waals surface area contributed by atoms with Gasteiger partial charge >= 0.3 is 6.36 Å². The lowest BCUT2D eigenvalue weighted by molar-refractivity contribution is -0.274. The van der Waals surface area contributed by atoms with Crippen LogP contribution in [0.15, 0.2) is 34.3 Å². The molecular weight excluding hydrogens is 347 g/mol. The zero-order valence-electron chi connectivity index (χ0n) is 11.5. The quantitative estimate of drug-likeness (QED) is 0.571. The van der Waals surface area contributed by atoms with Gasteiger partial charge in [0.15, 0.2) is 0 Å². The number of hydrogen-bond donors (Lipinski definition) is 1. The van der Waals surface area contributed by atoms with E-state index in [0.717, 1.165) is 18.5 Å². The van der Waals surface area contributed by atoms with E-state index in [1.54, 1.807) is 12.1 Å². The minimum Gasteiger partial charge on any atom is -0.405 e. The van der Waals surface area contributed by atoms with E-state index in [9.17, 15) is 13.2 Å². The first-order valence-corrected chi connectivity index (χ1v) is 7.66. The standard InChI is InChI=1S/C15H17BrF3NO/c16-13-9-12(5-6-14(13)21-15(17,18)19)10-20-8-7-11-3-1-2-4-11/h3,5-6,9,20H,1-2,4,7-8,10H2. The van der Waals surface area contributed by atoms with Crippen LogP contribution in [0.25, 0.3) is 0 Å². The molecule has 1 aliphatic carbocycles. The lowest BCUT2D eigenvalue weighted by Gasteiger charge is -2.12. The number of ether oxygens (including phenoxy) is 1. The highest BCUT2D eigenvalue weighted by molar-refractivity contribution is 9.10. The lowest BCUT2D eigenvalue weighted by atomic mass is 10.1. The van der Waals surface area contributed by atoms with Crippen molar-refractivity contribution in [3.8, 4) is 5.75 Å². The van der Waals surface area contributed by atoms with E-state index in [1.165, 1.54) is 30.9 Å². The molecule has 1 aromatic carbocycles. The van der Waals surface area contributed by atoms with Gasteiger partial charge in [-0.1, -0.05) is 17.7 Å². The smallest absolute Gasteiger partial charge is 0.405 e. The summed E-state index contributed by atoms with van der Waals surface area (Å²) in [7, 11) is 0. The molecular formula is C15H17BrF3NO. The summed E-state index contributed by atoms with van der Waals surface area (Å²) in [6.45, 7) is 1.50. The van der Waals surface area contributed by atoms with Crippen LogP contribution in [0.4, 0.5) is 13.2 Å². The Morgan fingerprint density at radius 1 is 1.29 bits per heavy atom. The average molecular weight is 364 g/mol. The third-order valence-corrected chi connectivity index (χ3v) is 3.93. The van der Waals surface area contributed by atoms with E-state index in [-0.39, 0.29) is 5.75 Å². The minimum absolute atomic E-state index is 0.220. The highest BCUT2D eigenvalue weighted by Crippen LogP contribution is 2.31. The van der Waals surface area contributed by atoms with Crippen LogP contribution in [0.2, 0.25) is 0 Å². The molecule has 0 atom stereocenters. The van der Waals surface area contributed by atoms with Crippen molar-refractivity contribution in [2.75, 3.05) is 6.54 Å². The molecule has 0 bridgehead atoms. The van der Waals surface area contributed by atoms with E-state index < -0.39 is 6.36 Å². The van der Waals surface area contributed by atoms with E-state index in [4.69, 9.17) is 0 Å². The summed E-state index contributed by atoms with van der Waals surface area (Å²) >= 11 is 3.10. The summed E-state index contributed by atoms with van der Waals surface area (Å²) in [6, 6.07) is 4.60. The van der Waals surface area contributed by atoms with Gasteiger partial charge in [-0.15, -0.1) is 13.2 Å². The highest BCUT2D eigenvalue weighted by atomic mass is 79.9. The van der Waals surface area contributed by atoms with Crippen molar-refractivity contribution in [1.82, 2.24) is 5.32 Å². The number of hydrogen-bond acceptors (Lipinski definition) is 2. The van der Waals surface area contributed by atoms with Gasteiger partial charge in [0.05, 0.1) is 4.47 Å². The van der Waals surface area contributed by atoms with Crippen molar-refractivity contribution in [3.63, 3.8) is 0 Å². The van der Waals surface area contributed by atoms with Gasteiger partial charge in [-0.25, -0.2) is 0 Å². The molecule has 21 heavy (non-hydrogen) atoms. The maximum absolute atomic E-state index is 12.2. The molecule has 0 unspecified atom stereocenters. The molecule has 0 fully saturated rings. The Morgan fingerprint density at radius 3 is 2.71 bits per heavy atom. The van der Waals surface area contributed by atoms with Crippen LogP contribution in [0.3, 0.4) is 0 Å². The largest absolute Gasteiger partial charge is 0.573 e. The van der Waals surface area contributed by atoms with Gasteiger partial charge in [0.2, 0.25) is 0 Å². The summed E-state index contributed by atoms with van der Waals surface area (Å²) in [5.74, 6) is -0.220. The van der Waals surface area contributed by atoms with Crippen LogP contribution in [0.1, 0.15) is 31.2 Å². The molecule has 1 aromatic rings. The number of rotatable bonds is 6. The van der Waals surface area contributed by atoms with Gasteiger partial charge in [0, 0.05) is 6.54 Å². The number of nitrogens with one attached hydrogen (secondary N) is 1. The van der Waals surface area contributed by atoms with Crippen LogP contribution in [-0.2, 0) is 6.54 Å². The summed E-state index contributed by atoms with van der Waals surface area (Å²) in [6.07, 6.45) is 2.29. The fraction of sp³-hybridized carbons (Fsp3) is 0.467. The molecule has 0 aromatic heterocycles. The molecule has 1 N–H and O–H groups in total. The van der Waals surface area contributed by atoms with Crippen LogP contribution < -0.4 is 10.1 Å². The van der Waals surface area contributed by atoms with Crippen LogP contribution in [0, 0.1) is 0 Å². The third kappa shape index (κ3) is 5.71. The Labute approximate surface area is 130 Å². The second kappa shape index (κ2) is 7.31. The first-order valence-electron chi connectivity index (χ1n) is 6.87. The van der Waals surface area contributed by atoms with Gasteiger partial charge in [0.1, 0.15) is 5.75 Å². The van der Waals surface area contributed by atoms with E-state index >= 15 is 0 Å². The Hall–Kier alpha value is -1.01. The zero-order chi connectivity index (χ0) is 15.3. The maximum atomic E-state index is 12.2. The van der Waals surface area contributed by atoms with Gasteiger partial charge in [-0.3, -0.25) is 0 Å². The predicted molar refractivity (Wildman–Crippen MR) is 79.1 cm³/mol. The van der Waals surface area contributed by atoms with E-state index in [0.29, 0.717) is 11.0 Å². The summed E-state index contributed by atoms with van der Waals surface area (Å²) in [5.41, 5.74) is 2.41. The van der Waals surface area contributed by atoms with Gasteiger partial charge < -0.3 is 10.1 Å². The predicted octanol–water partition coefficient (Wildman–Crippen LogP) is 4.94. The average Bonchev–Trinajstić information content (AvgIpc) is 2.89. The van der Waals surface area contributed by atoms with Crippen LogP contribution in [-0.4, -0.2) is 12.9 Å². The monoisotopic (exact) mass is 363 g/mol. The minimum atomic E-state index is -4.67. The molecule has 0 aliphatic heterocycles. The zero-order valence-corrected chi connectivity index (χ0v) is 13.1. The molecule has 6 heteroatoms. The van der Waals surface area contributed by atoms with Gasteiger partial charge in [-0.05, 0) is 65.9 Å². The molecule has 2 nitrogen and oxygen atoms in total. The van der Waals surface area contributed by atoms with Crippen LogP contribution >= 0.6 is 15.9 Å². The molecule has 1 aliphatic rings. The molecule has 0 heterocycles. The molecule has 0 radical (unpaired) electrons. The molecule has 0 saturated heterocycles. The Morgan fingerprint density at radius 2 is 2.10 bits per heavy atom. The van der Waals surface area contributed by atoms with Crippen molar-refractivity contribution in [3.05, 3.63) is 39.9 Å². The normalized spacial score (nSPS) is 15.1. The molecule has 116 valence electrons. The van der Waals surface area contributed by atoms with Crippen molar-refractivity contribution >= 4 is 15.9 Å². The third-order valence-electron chi connectivity index (χ3n) is 3.31. The van der Waals surface area contributed by atoms with E-state index in [2.05, 4.69) is 32.1 Å². The van der Waals surface area contributed by atoms with Crippen molar-refractivity contribution < 1.29 is 17.9 Å². The van der Waals surface area contributed by atoms with Crippen molar-refractivity contribution in [2.45, 2.75) is 38.6 Å². The van der Waals surface area contributed by atoms with Crippen molar-refractivity contribution in [1.29, 1.82) is 0 Å². The SMILES string of the molecule is FC(F)(F)Oc1ccc(CNCCC2=CCCC2)cc1Br. The maximum Gasteiger partial charge on any atom is 0.573 e. The van der Waals surface area contributed by atoms with E-state index in [1.807, 2.05) is 0 Å². The second-order valence-electron chi connectivity index (χ2n) is 4.99. The first kappa shape index (κ1) is 16.4. The fourth-order valence-electron chi connectivity index (χ4n) is 2.31. The van der Waals surface area contributed by atoms with Gasteiger partial charge in [0.25, 0.3) is 0 Å². The topological polar surface area (TPSA) is 21.3 Å². The molecule has 0 saturated carbocycles. The summed E-state index contributed by atoms with van der Waals surface area (Å²) in [5, 5.41) is 3.30. The summed E-state index contributed by atoms with van der Waals surface area (Å²) in [4.78, 5) is 0. The van der Waals surface area contributed by atoms with Crippen LogP contribution in [0.5, 0.6) is 5.75 Å². The Bertz CT molecular complexity index is 514. The number of alkyl halides is 3. The Balaban J connectivity index is 1.79. The van der Waals surface area contributed by atoms with Gasteiger partial charge in [-0.2, -0.15) is 0 Å². The van der Waals surface area contributed by atoms with Crippen molar-refractivity contribution in [2.24, 2.45) is 0 Å². The molecule has 0 amide bonds. The number of allylic oxidation sites excluding steroid dienone is 1. The molecule has 0 spiro atoms. The number of halogens is 4. The Kier molecular flexibility index (Phi) is 5.70. The lowest BCUT2D eigenvalue weighted by Crippen LogP contribution is -2.18. The fourth-order valence-corrected chi connectivity index (χ4v) is 2.81. The number of benzene rings is 1. The second-order valence-corrected chi connectivity index (χ2v) is 5.85. The molecule has 2 rings (SSSR count). The summed E-state index contributed by atoms with van der Waals surface area (Å²) < 4.78 is 40.7. The highest BCUT2D eigenvalue weighted by Gasteiger charge is 2.31. The first-order chi connectivity index (χ1) is 9.94.